The molecule has 0 saturated carbocycles. The summed E-state index contributed by atoms with van der Waals surface area (Å²) in [5.74, 6) is -2.43. The number of hydrogen-bond acceptors (Lipinski definition) is 8. The van der Waals surface area contributed by atoms with Crippen molar-refractivity contribution in [2.45, 2.75) is 38.1 Å². The molecule has 0 saturated heterocycles. The Morgan fingerprint density at radius 2 is 1.16 bits per heavy atom. The number of hydrogen-bond donors (Lipinski definition) is 0. The largest absolute Gasteiger partial charge is 0.484 e. The van der Waals surface area contributed by atoms with E-state index in [0.29, 0.717) is 0 Å². The second-order valence-electron chi connectivity index (χ2n) is 7.05. The molecule has 0 bridgehead atoms. The van der Waals surface area contributed by atoms with Gasteiger partial charge in [0.05, 0.1) is 33.4 Å². The number of methoxy groups -OCH3 is 2. The van der Waals surface area contributed by atoms with E-state index in [1.165, 1.54) is 62.5 Å². The van der Waals surface area contributed by atoms with E-state index in [2.05, 4.69) is 13.2 Å². The Morgan fingerprint density at radius 1 is 0.806 bits per heavy atom. The molecule has 0 N–H and O–H groups in total. The number of carbonyl (C=O) groups excluding carboxylic acids is 4. The molecule has 0 aliphatic carbocycles. The third-order valence-corrected chi connectivity index (χ3v) is 4.77. The second kappa shape index (κ2) is 9.96. The van der Waals surface area contributed by atoms with Crippen LogP contribution in [0.15, 0.2) is 49.0 Å². The number of nitrogens with zero attached hydrogens (tertiary/aromatic N) is 2. The number of rotatable bonds is 8. The summed E-state index contributed by atoms with van der Waals surface area (Å²) >= 11 is 0. The molecule has 0 fully saturated rings. The molecule has 4 unspecified atom stereocenters. The molecule has 2 aliphatic rings. The monoisotopic (exact) mass is 434 g/mol. The first kappa shape index (κ1) is 23.7. The van der Waals surface area contributed by atoms with Gasteiger partial charge in [-0.15, -0.1) is 0 Å². The van der Waals surface area contributed by atoms with E-state index in [1.807, 2.05) is 0 Å². The van der Waals surface area contributed by atoms with Crippen molar-refractivity contribution in [1.82, 2.24) is 9.80 Å². The van der Waals surface area contributed by atoms with Crippen LogP contribution in [0.4, 0.5) is 0 Å². The van der Waals surface area contributed by atoms with Gasteiger partial charge in [-0.2, -0.15) is 0 Å². The Labute approximate surface area is 180 Å². The van der Waals surface area contributed by atoms with Gasteiger partial charge < -0.3 is 28.7 Å². The first-order valence-corrected chi connectivity index (χ1v) is 9.36. The zero-order chi connectivity index (χ0) is 23.3. The van der Waals surface area contributed by atoms with Gasteiger partial charge in [0.15, 0.2) is 0 Å². The van der Waals surface area contributed by atoms with Crippen LogP contribution in [-0.2, 0) is 38.1 Å². The summed E-state index contributed by atoms with van der Waals surface area (Å²) in [5.41, 5.74) is 0.351. The van der Waals surface area contributed by atoms with E-state index in [-0.39, 0.29) is 17.8 Å². The minimum absolute atomic E-state index is 0.175. The van der Waals surface area contributed by atoms with Crippen molar-refractivity contribution in [2.24, 2.45) is 0 Å². The fourth-order valence-electron chi connectivity index (χ4n) is 3.18. The molecule has 10 nitrogen and oxygen atoms in total. The lowest BCUT2D eigenvalue weighted by molar-refractivity contribution is -0.156. The quantitative estimate of drug-likeness (QED) is 0.311. The predicted molar refractivity (Wildman–Crippen MR) is 108 cm³/mol. The summed E-state index contributed by atoms with van der Waals surface area (Å²) < 4.78 is 20.1. The molecular formula is C21H26N2O8. The molecule has 0 aromatic heterocycles. The SMILES string of the molecule is C=C(C)C(=O)N(CN(C(=O)C(=C)C)C1C=COC1C(=O)OC)C1C=COC1C(=O)OC. The first-order valence-electron chi connectivity index (χ1n) is 9.36. The summed E-state index contributed by atoms with van der Waals surface area (Å²) in [4.78, 5) is 52.8. The van der Waals surface area contributed by atoms with Crippen molar-refractivity contribution < 1.29 is 38.1 Å². The lowest BCUT2D eigenvalue weighted by Gasteiger charge is -2.38. The Hall–Kier alpha value is -3.56. The fraction of sp³-hybridized carbons (Fsp3) is 0.429. The Morgan fingerprint density at radius 3 is 1.45 bits per heavy atom. The molecule has 0 aromatic carbocycles. The van der Waals surface area contributed by atoms with Crippen LogP contribution in [0.2, 0.25) is 0 Å². The molecule has 2 amide bonds. The molecule has 10 heteroatoms. The zero-order valence-electron chi connectivity index (χ0n) is 17.9. The fourth-order valence-corrected chi connectivity index (χ4v) is 3.18. The maximum atomic E-state index is 13.0. The van der Waals surface area contributed by atoms with Gasteiger partial charge in [0.2, 0.25) is 12.2 Å². The molecule has 2 heterocycles. The molecular weight excluding hydrogens is 408 g/mol. The number of esters is 2. The minimum atomic E-state index is -1.12. The topological polar surface area (TPSA) is 112 Å². The minimum Gasteiger partial charge on any atom is -0.484 e. The Balaban J connectivity index is 2.45. The summed E-state index contributed by atoms with van der Waals surface area (Å²) in [7, 11) is 2.40. The molecule has 4 atom stereocenters. The molecule has 0 spiro atoms. The molecule has 2 aliphatic heterocycles. The van der Waals surface area contributed by atoms with E-state index in [4.69, 9.17) is 18.9 Å². The van der Waals surface area contributed by atoms with Crippen LogP contribution in [0, 0.1) is 0 Å². The van der Waals surface area contributed by atoms with Gasteiger partial charge in [0.1, 0.15) is 12.1 Å². The molecule has 0 radical (unpaired) electrons. The average molecular weight is 434 g/mol. The lowest BCUT2D eigenvalue weighted by atomic mass is 10.1. The van der Waals surface area contributed by atoms with Crippen LogP contribution in [0.3, 0.4) is 0 Å². The van der Waals surface area contributed by atoms with Crippen LogP contribution >= 0.6 is 0 Å². The van der Waals surface area contributed by atoms with Gasteiger partial charge in [0, 0.05) is 11.1 Å². The van der Waals surface area contributed by atoms with Crippen molar-refractivity contribution in [3.63, 3.8) is 0 Å². The van der Waals surface area contributed by atoms with Gasteiger partial charge in [0.25, 0.3) is 11.8 Å². The van der Waals surface area contributed by atoms with Gasteiger partial charge >= 0.3 is 11.9 Å². The maximum Gasteiger partial charge on any atom is 0.349 e. The van der Waals surface area contributed by atoms with Crippen LogP contribution in [-0.4, -0.2) is 78.7 Å². The van der Waals surface area contributed by atoms with E-state index >= 15 is 0 Å². The standard InChI is InChI=1S/C21H26N2O8/c1-12(2)18(24)22(14-7-9-30-16(14)20(26)28-5)11-23(19(25)13(3)4)15-8-10-31-17(15)21(27)29-6/h7-10,14-17H,1,3,11H2,2,4-6H3. The van der Waals surface area contributed by atoms with Crippen LogP contribution in [0.1, 0.15) is 13.8 Å². The molecule has 168 valence electrons. The maximum absolute atomic E-state index is 13.0. The molecule has 0 aromatic rings. The van der Waals surface area contributed by atoms with Crippen molar-refractivity contribution in [1.29, 1.82) is 0 Å². The van der Waals surface area contributed by atoms with Crippen LogP contribution in [0.5, 0.6) is 0 Å². The van der Waals surface area contributed by atoms with E-state index in [1.54, 1.807) is 0 Å². The predicted octanol–water partition coefficient (Wildman–Crippen LogP) is 0.662. The summed E-state index contributed by atoms with van der Waals surface area (Å²) in [6.45, 7) is 10.0. The van der Waals surface area contributed by atoms with Gasteiger partial charge in [-0.05, 0) is 26.0 Å². The first-order chi connectivity index (χ1) is 14.6. The number of ether oxygens (including phenoxy) is 4. The van der Waals surface area contributed by atoms with Crippen molar-refractivity contribution >= 4 is 23.8 Å². The normalized spacial score (nSPS) is 23.4. The van der Waals surface area contributed by atoms with Gasteiger partial charge in [-0.1, -0.05) is 13.2 Å². The highest BCUT2D eigenvalue weighted by molar-refractivity contribution is 5.95. The van der Waals surface area contributed by atoms with Gasteiger partial charge in [-0.3, -0.25) is 9.59 Å². The van der Waals surface area contributed by atoms with Gasteiger partial charge in [-0.25, -0.2) is 9.59 Å². The number of amides is 2. The lowest BCUT2D eigenvalue weighted by Crippen LogP contribution is -2.57. The van der Waals surface area contributed by atoms with Crippen molar-refractivity contribution in [2.75, 3.05) is 20.9 Å². The summed E-state index contributed by atoms with van der Waals surface area (Å²) in [6.07, 6.45) is 3.33. The van der Waals surface area contributed by atoms with E-state index < -0.39 is 48.0 Å². The third kappa shape index (κ3) is 4.96. The smallest absolute Gasteiger partial charge is 0.349 e. The number of carbonyl (C=O) groups is 4. The molecule has 31 heavy (non-hydrogen) atoms. The van der Waals surface area contributed by atoms with Crippen molar-refractivity contribution in [3.8, 4) is 0 Å². The second-order valence-corrected chi connectivity index (χ2v) is 7.05. The van der Waals surface area contributed by atoms with Crippen LogP contribution in [0.25, 0.3) is 0 Å². The zero-order valence-corrected chi connectivity index (χ0v) is 17.9. The average Bonchev–Trinajstić information content (AvgIpc) is 3.42. The highest BCUT2D eigenvalue weighted by Crippen LogP contribution is 2.25. The highest BCUT2D eigenvalue weighted by atomic mass is 16.6. The van der Waals surface area contributed by atoms with Crippen molar-refractivity contribution in [3.05, 3.63) is 49.0 Å². The summed E-state index contributed by atoms with van der Waals surface area (Å²) in [6, 6.07) is -1.75. The third-order valence-electron chi connectivity index (χ3n) is 4.77. The van der Waals surface area contributed by atoms with E-state index in [9.17, 15) is 19.2 Å². The van der Waals surface area contributed by atoms with E-state index in [0.717, 1.165) is 0 Å². The Bertz CT molecular complexity index is 778. The molecule has 2 rings (SSSR count). The Kier molecular flexibility index (Phi) is 7.62. The van der Waals surface area contributed by atoms with Crippen LogP contribution < -0.4 is 0 Å². The highest BCUT2D eigenvalue weighted by Gasteiger charge is 2.44. The summed E-state index contributed by atoms with van der Waals surface area (Å²) in [5, 5.41) is 0.